The summed E-state index contributed by atoms with van der Waals surface area (Å²) in [7, 11) is 2.02. The summed E-state index contributed by atoms with van der Waals surface area (Å²) < 4.78 is 8.61. The van der Waals surface area contributed by atoms with Gasteiger partial charge in [0.1, 0.15) is 5.60 Å². The van der Waals surface area contributed by atoms with Crippen molar-refractivity contribution in [2.45, 2.75) is 66.0 Å². The normalized spacial score (nSPS) is 17.1. The minimum Gasteiger partial charge on any atom is -0.444 e. The highest BCUT2D eigenvalue weighted by molar-refractivity contribution is 9.10. The molecule has 0 spiro atoms. The maximum atomic E-state index is 12.7. The molecule has 1 saturated heterocycles. The Morgan fingerprint density at radius 3 is 2.40 bits per heavy atom. The number of aliphatic hydroxyl groups is 1. The molecule has 3 aromatic rings. The molecule has 10 heteroatoms. The Labute approximate surface area is 269 Å². The van der Waals surface area contributed by atoms with Crippen LogP contribution in [0.5, 0.6) is 0 Å². The average molecular weight is 675 g/mol. The summed E-state index contributed by atoms with van der Waals surface area (Å²) in [5.41, 5.74) is 6.11. The van der Waals surface area contributed by atoms with Crippen LogP contribution < -0.4 is 0 Å². The monoisotopic (exact) mass is 673 g/mol. The highest BCUT2D eigenvalue weighted by Crippen LogP contribution is 2.45. The van der Waals surface area contributed by atoms with Crippen LogP contribution in [0.15, 0.2) is 47.5 Å². The molecule has 8 nitrogen and oxygen atoms in total. The van der Waals surface area contributed by atoms with Gasteiger partial charge in [-0.05, 0) is 90.2 Å². The van der Waals surface area contributed by atoms with Gasteiger partial charge in [-0.2, -0.15) is 0 Å². The van der Waals surface area contributed by atoms with Crippen LogP contribution in [0.25, 0.3) is 11.6 Å². The zero-order valence-corrected chi connectivity index (χ0v) is 28.9. The van der Waals surface area contributed by atoms with E-state index in [9.17, 15) is 4.79 Å². The van der Waals surface area contributed by atoms with Crippen molar-refractivity contribution in [1.82, 2.24) is 24.3 Å². The highest BCUT2D eigenvalue weighted by Gasteiger charge is 2.35. The number of ether oxygens (including phenoxy) is 1. The number of carbonyl (C=O) groups is 1. The number of rotatable bonds is 3. The molecule has 2 aliphatic rings. The van der Waals surface area contributed by atoms with Crippen LogP contribution in [0.1, 0.15) is 88.5 Å². The summed E-state index contributed by atoms with van der Waals surface area (Å²) >= 11 is 10.2. The molecule has 3 heterocycles. The van der Waals surface area contributed by atoms with E-state index >= 15 is 0 Å². The minimum atomic E-state index is -0.517. The fourth-order valence-electron chi connectivity index (χ4n) is 5.38. The van der Waals surface area contributed by atoms with Gasteiger partial charge < -0.3 is 19.3 Å². The van der Waals surface area contributed by atoms with E-state index in [1.165, 1.54) is 5.57 Å². The predicted molar refractivity (Wildman–Crippen MR) is 178 cm³/mol. The predicted octanol–water partition coefficient (Wildman–Crippen LogP) is 7.56. The molecule has 1 amide bonds. The largest absolute Gasteiger partial charge is 0.444 e. The van der Waals surface area contributed by atoms with Gasteiger partial charge in [0.15, 0.2) is 0 Å². The van der Waals surface area contributed by atoms with E-state index in [-0.39, 0.29) is 24.7 Å². The maximum absolute atomic E-state index is 12.7. The fraction of sp³-hybridized carbons (Fsp3) is 0.485. The molecule has 1 aliphatic carbocycles. The SMILES string of the molecule is CC.CC(C1=Cc2cc(Br)cnc2[C@H](N2CCN(C(=O)OC(C)(C)C)CC2)c2ccc(Cl)cc21)c1cncn1C.CCO. The highest BCUT2D eigenvalue weighted by atomic mass is 79.9. The van der Waals surface area contributed by atoms with Crippen LogP contribution in [0.3, 0.4) is 0 Å². The van der Waals surface area contributed by atoms with Crippen molar-refractivity contribution in [2.75, 3.05) is 32.8 Å². The molecule has 5 rings (SSSR count). The van der Waals surface area contributed by atoms with E-state index in [2.05, 4.69) is 61.6 Å². The van der Waals surface area contributed by atoms with Crippen LogP contribution in [-0.2, 0) is 11.8 Å². The zero-order chi connectivity index (χ0) is 31.9. The Morgan fingerprint density at radius 2 is 1.81 bits per heavy atom. The lowest BCUT2D eigenvalue weighted by atomic mass is 9.87. The number of pyridine rings is 1. The summed E-state index contributed by atoms with van der Waals surface area (Å²) in [6, 6.07) is 8.21. The van der Waals surface area contributed by atoms with Crippen LogP contribution in [-0.4, -0.2) is 73.9 Å². The van der Waals surface area contributed by atoms with Gasteiger partial charge in [-0.3, -0.25) is 9.88 Å². The van der Waals surface area contributed by atoms with Crippen LogP contribution >= 0.6 is 27.5 Å². The van der Waals surface area contributed by atoms with Crippen molar-refractivity contribution in [2.24, 2.45) is 7.05 Å². The Morgan fingerprint density at radius 1 is 1.16 bits per heavy atom. The van der Waals surface area contributed by atoms with Gasteiger partial charge in [0.2, 0.25) is 0 Å². The van der Waals surface area contributed by atoms with Crippen molar-refractivity contribution >= 4 is 45.3 Å². The molecule has 1 aliphatic heterocycles. The molecule has 1 unspecified atom stereocenters. The van der Waals surface area contributed by atoms with Crippen LogP contribution in [0.2, 0.25) is 5.02 Å². The number of halogens is 2. The van der Waals surface area contributed by atoms with E-state index in [1.54, 1.807) is 11.8 Å². The van der Waals surface area contributed by atoms with E-state index in [0.717, 1.165) is 32.6 Å². The van der Waals surface area contributed by atoms with Gasteiger partial charge in [0.05, 0.1) is 18.1 Å². The zero-order valence-electron chi connectivity index (χ0n) is 26.6. The third kappa shape index (κ3) is 8.47. The van der Waals surface area contributed by atoms with E-state index in [1.807, 2.05) is 66.5 Å². The maximum Gasteiger partial charge on any atom is 0.410 e. The van der Waals surface area contributed by atoms with Crippen molar-refractivity contribution < 1.29 is 14.6 Å². The van der Waals surface area contributed by atoms with Gasteiger partial charge in [-0.25, -0.2) is 9.78 Å². The minimum absolute atomic E-state index is 0.0781. The molecule has 2 aromatic heterocycles. The quantitative estimate of drug-likeness (QED) is 0.309. The lowest BCUT2D eigenvalue weighted by Crippen LogP contribution is -2.51. The Balaban J connectivity index is 0.000000953. The second-order valence-corrected chi connectivity index (χ2v) is 12.7. The second-order valence-electron chi connectivity index (χ2n) is 11.3. The van der Waals surface area contributed by atoms with Crippen molar-refractivity contribution in [3.8, 4) is 0 Å². The topological polar surface area (TPSA) is 83.7 Å². The first kappa shape index (κ1) is 34.8. The van der Waals surface area contributed by atoms with Gasteiger partial charge in [0.25, 0.3) is 0 Å². The Bertz CT molecular complexity index is 1410. The molecule has 0 saturated carbocycles. The number of amides is 1. The number of hydrogen-bond acceptors (Lipinski definition) is 6. The third-order valence-corrected chi connectivity index (χ3v) is 7.87. The molecule has 0 bridgehead atoms. The number of imidazole rings is 1. The number of hydrogen-bond donors (Lipinski definition) is 1. The van der Waals surface area contributed by atoms with Gasteiger partial charge in [-0.1, -0.05) is 38.4 Å². The summed E-state index contributed by atoms with van der Waals surface area (Å²) in [5.74, 6) is 0.0781. The van der Waals surface area contributed by atoms with Crippen molar-refractivity contribution in [1.29, 1.82) is 0 Å². The summed E-state index contributed by atoms with van der Waals surface area (Å²) in [6.45, 7) is 16.4. The van der Waals surface area contributed by atoms with Gasteiger partial charge >= 0.3 is 6.09 Å². The standard InChI is InChI=1S/C29H33BrClN5O2.C2H6O.C2H6/c1-18(25-16-32-17-34(25)5)23-13-19-12-20(30)15-33-26(19)27(22-7-6-21(31)14-24(22)23)35-8-10-36(11-9-35)28(37)38-29(2,3)4;1-2-3;1-2/h6-7,12-18,27H,8-11H2,1-5H3;3H,2H2,1H3;1-2H3/t18?,27-;;/m1../s1. The lowest BCUT2D eigenvalue weighted by Gasteiger charge is -2.40. The molecular weight excluding hydrogens is 630 g/mol. The van der Waals surface area contributed by atoms with Crippen molar-refractivity contribution in [3.05, 3.63) is 80.6 Å². The summed E-state index contributed by atoms with van der Waals surface area (Å²) in [5, 5.41) is 8.26. The first-order chi connectivity index (χ1) is 20.4. The van der Waals surface area contributed by atoms with Gasteiger partial charge in [-0.15, -0.1) is 0 Å². The number of carbonyl (C=O) groups excluding carboxylic acids is 1. The number of piperazine rings is 1. The molecule has 1 aromatic carbocycles. The molecule has 234 valence electrons. The number of aromatic nitrogens is 3. The summed E-state index contributed by atoms with van der Waals surface area (Å²) in [4.78, 5) is 26.2. The summed E-state index contributed by atoms with van der Waals surface area (Å²) in [6.07, 6.45) is 7.61. The number of allylic oxidation sites excluding steroid dienone is 1. The van der Waals surface area contributed by atoms with Gasteiger partial charge in [0, 0.05) is 73.3 Å². The van der Waals surface area contributed by atoms with Crippen molar-refractivity contribution in [3.63, 3.8) is 0 Å². The first-order valence-electron chi connectivity index (χ1n) is 14.9. The van der Waals surface area contributed by atoms with E-state index < -0.39 is 5.60 Å². The smallest absolute Gasteiger partial charge is 0.410 e. The lowest BCUT2D eigenvalue weighted by molar-refractivity contribution is 0.0118. The third-order valence-electron chi connectivity index (χ3n) is 7.20. The molecular formula is C33H45BrClN5O3. The number of benzene rings is 1. The molecule has 1 N–H and O–H groups in total. The molecule has 1 fully saturated rings. The van der Waals surface area contributed by atoms with E-state index in [0.29, 0.717) is 31.2 Å². The fourth-order valence-corrected chi connectivity index (χ4v) is 5.90. The number of aryl methyl sites for hydroxylation is 1. The number of fused-ring (bicyclic) bond motifs is 2. The second kappa shape index (κ2) is 15.3. The Hall–Kier alpha value is -2.72. The van der Waals surface area contributed by atoms with E-state index in [4.69, 9.17) is 26.4 Å². The van der Waals surface area contributed by atoms with Crippen LogP contribution in [0, 0.1) is 0 Å². The Kier molecular flexibility index (Phi) is 12.4. The average Bonchev–Trinajstić information content (AvgIpc) is 3.34. The van der Waals surface area contributed by atoms with Crippen LogP contribution in [0.4, 0.5) is 4.79 Å². The first-order valence-corrected chi connectivity index (χ1v) is 16.1. The number of aliphatic hydroxyl groups excluding tert-OH is 1. The molecule has 0 radical (unpaired) electrons. The molecule has 43 heavy (non-hydrogen) atoms. The number of nitrogens with zero attached hydrogens (tertiary/aromatic N) is 5. The molecule has 2 atom stereocenters.